The number of carbonyl (C=O) groups excluding carboxylic acids is 1. The number of nitrogen functional groups attached to an aromatic ring is 1. The molecule has 2 heterocycles. The molecule has 1 aliphatic rings. The zero-order valence-corrected chi connectivity index (χ0v) is 15.3. The second-order valence-corrected chi connectivity index (χ2v) is 5.67. The third-order valence-corrected chi connectivity index (χ3v) is 3.92. The van der Waals surface area contributed by atoms with Crippen LogP contribution < -0.4 is 11.1 Å². The van der Waals surface area contributed by atoms with Gasteiger partial charge in [-0.15, -0.1) is 24.8 Å². The first kappa shape index (κ1) is 21.5. The van der Waals surface area contributed by atoms with Crippen LogP contribution in [0.2, 0.25) is 0 Å². The number of nitrogens with two attached hydrogens (primary N) is 1. The van der Waals surface area contributed by atoms with E-state index in [-0.39, 0.29) is 42.5 Å². The number of hydrogen-bond donors (Lipinski definition) is 2. The first-order valence-corrected chi connectivity index (χ1v) is 7.55. The molecule has 1 atom stereocenters. The van der Waals surface area contributed by atoms with Gasteiger partial charge in [-0.05, 0) is 30.7 Å². The lowest BCUT2D eigenvalue weighted by atomic mass is 10.2. The van der Waals surface area contributed by atoms with Crippen LogP contribution in [0.25, 0.3) is 0 Å². The van der Waals surface area contributed by atoms with Crippen LogP contribution >= 0.6 is 24.8 Å². The summed E-state index contributed by atoms with van der Waals surface area (Å²) in [4.78, 5) is 28.4. The van der Waals surface area contributed by atoms with Crippen molar-refractivity contribution in [3.8, 4) is 0 Å². The molecule has 1 saturated heterocycles. The quantitative estimate of drug-likeness (QED) is 0.463. The van der Waals surface area contributed by atoms with Crippen molar-refractivity contribution in [3.63, 3.8) is 0 Å². The van der Waals surface area contributed by atoms with Gasteiger partial charge in [0.1, 0.15) is 12.0 Å². The Morgan fingerprint density at radius 2 is 2.08 bits per heavy atom. The lowest BCUT2D eigenvalue weighted by molar-refractivity contribution is -0.385. The molecule has 140 valence electrons. The Bertz CT molecular complexity index is 773. The molecule has 0 aliphatic carbocycles. The number of carbonyl (C=O) groups is 1. The Morgan fingerprint density at radius 3 is 2.69 bits per heavy atom. The molecule has 0 bridgehead atoms. The molecule has 3 N–H and O–H groups in total. The summed E-state index contributed by atoms with van der Waals surface area (Å²) in [5.74, 6) is 0.507. The molecule has 1 aliphatic heterocycles. The molecule has 1 aromatic carbocycles. The molecule has 26 heavy (non-hydrogen) atoms. The van der Waals surface area contributed by atoms with Crippen molar-refractivity contribution < 1.29 is 9.72 Å². The molecule has 1 fully saturated rings. The number of halogens is 2. The van der Waals surface area contributed by atoms with Gasteiger partial charge in [0.2, 0.25) is 0 Å². The van der Waals surface area contributed by atoms with E-state index in [0.717, 1.165) is 6.42 Å². The van der Waals surface area contributed by atoms with Crippen LogP contribution in [-0.2, 0) is 0 Å². The second-order valence-electron chi connectivity index (χ2n) is 5.67. The number of aromatic nitrogens is 1. The van der Waals surface area contributed by atoms with Crippen molar-refractivity contribution in [2.24, 2.45) is 0 Å². The molecule has 1 aromatic heterocycles. The number of anilines is 2. The van der Waals surface area contributed by atoms with E-state index < -0.39 is 4.92 Å². The highest BCUT2D eigenvalue weighted by molar-refractivity contribution is 5.95. The van der Waals surface area contributed by atoms with E-state index in [0.29, 0.717) is 30.2 Å². The lowest BCUT2D eigenvalue weighted by Gasteiger charge is -2.17. The number of nitro groups is 1. The maximum Gasteiger partial charge on any atom is 0.287 e. The first-order valence-electron chi connectivity index (χ1n) is 7.55. The van der Waals surface area contributed by atoms with Crippen LogP contribution in [0.4, 0.5) is 17.2 Å². The van der Waals surface area contributed by atoms with Crippen molar-refractivity contribution in [2.45, 2.75) is 12.5 Å². The van der Waals surface area contributed by atoms with Crippen molar-refractivity contribution in [2.75, 3.05) is 24.1 Å². The van der Waals surface area contributed by atoms with Crippen molar-refractivity contribution in [3.05, 3.63) is 58.3 Å². The summed E-state index contributed by atoms with van der Waals surface area (Å²) < 4.78 is 0. The summed E-state index contributed by atoms with van der Waals surface area (Å²) in [7, 11) is 0. The number of amides is 1. The molecule has 8 nitrogen and oxygen atoms in total. The van der Waals surface area contributed by atoms with Gasteiger partial charge in [-0.3, -0.25) is 14.9 Å². The molecule has 10 heteroatoms. The molecule has 2 aromatic rings. The van der Waals surface area contributed by atoms with Crippen LogP contribution in [0.3, 0.4) is 0 Å². The predicted octanol–water partition coefficient (Wildman–Crippen LogP) is 2.74. The minimum atomic E-state index is -0.488. The Kier molecular flexibility index (Phi) is 7.60. The molecular weight excluding hydrogens is 381 g/mol. The Morgan fingerprint density at radius 1 is 1.31 bits per heavy atom. The molecule has 0 radical (unpaired) electrons. The fourth-order valence-electron chi connectivity index (χ4n) is 2.71. The highest BCUT2D eigenvalue weighted by Gasteiger charge is 2.27. The van der Waals surface area contributed by atoms with Crippen molar-refractivity contribution in [1.82, 2.24) is 9.88 Å². The second kappa shape index (κ2) is 9.21. The van der Waals surface area contributed by atoms with E-state index in [1.165, 1.54) is 12.3 Å². The Labute approximate surface area is 162 Å². The normalized spacial score (nSPS) is 15.5. The summed E-state index contributed by atoms with van der Waals surface area (Å²) in [6.07, 6.45) is 2.00. The third-order valence-electron chi connectivity index (χ3n) is 3.92. The smallest absolute Gasteiger partial charge is 0.287 e. The van der Waals surface area contributed by atoms with Crippen molar-refractivity contribution >= 4 is 47.9 Å². The number of nitrogens with zero attached hydrogens (tertiary/aromatic N) is 3. The molecule has 1 unspecified atom stereocenters. The number of rotatable bonds is 4. The van der Waals surface area contributed by atoms with Gasteiger partial charge in [-0.25, -0.2) is 4.98 Å². The molecule has 0 saturated carbocycles. The maximum absolute atomic E-state index is 12.5. The van der Waals surface area contributed by atoms with Gasteiger partial charge in [-0.1, -0.05) is 6.07 Å². The van der Waals surface area contributed by atoms with Gasteiger partial charge >= 0.3 is 0 Å². The van der Waals surface area contributed by atoms with Crippen LogP contribution in [0.15, 0.2) is 42.6 Å². The van der Waals surface area contributed by atoms with E-state index in [9.17, 15) is 14.9 Å². The highest BCUT2D eigenvalue weighted by Crippen LogP contribution is 2.19. The van der Waals surface area contributed by atoms with Crippen LogP contribution in [0.1, 0.15) is 16.8 Å². The van der Waals surface area contributed by atoms with E-state index in [2.05, 4.69) is 10.3 Å². The van der Waals surface area contributed by atoms with E-state index >= 15 is 0 Å². The van der Waals surface area contributed by atoms with E-state index in [1.807, 2.05) is 0 Å². The van der Waals surface area contributed by atoms with Gasteiger partial charge in [0.05, 0.1) is 4.92 Å². The standard InChI is InChI=1S/C16H17N5O3.2ClH/c17-12-3-1-2-11(8-12)16(22)20-7-6-13(10-20)19-15-5-4-14(9-18-15)21(23)24;;/h1-5,8-9,13H,6-7,10,17H2,(H,18,19);2*1H. The van der Waals surface area contributed by atoms with Crippen LogP contribution in [0.5, 0.6) is 0 Å². The number of pyridine rings is 1. The SMILES string of the molecule is Cl.Cl.Nc1cccc(C(=O)N2CCC(Nc3ccc([N+](=O)[O-])cn3)C2)c1. The van der Waals surface area contributed by atoms with Gasteiger partial charge < -0.3 is 16.0 Å². The highest BCUT2D eigenvalue weighted by atomic mass is 35.5. The monoisotopic (exact) mass is 399 g/mol. The number of likely N-dealkylation sites (tertiary alicyclic amines) is 1. The summed E-state index contributed by atoms with van der Waals surface area (Å²) in [5.41, 5.74) is 6.80. The third kappa shape index (κ3) is 4.96. The zero-order chi connectivity index (χ0) is 17.1. The summed E-state index contributed by atoms with van der Waals surface area (Å²) in [6, 6.07) is 9.95. The largest absolute Gasteiger partial charge is 0.399 e. The Hall–Kier alpha value is -2.58. The molecule has 3 rings (SSSR count). The molecule has 1 amide bonds. The molecular formula is C16H19Cl2N5O3. The first-order chi connectivity index (χ1) is 11.5. The average Bonchev–Trinajstić information content (AvgIpc) is 3.03. The minimum Gasteiger partial charge on any atom is -0.399 e. The number of hydrogen-bond acceptors (Lipinski definition) is 6. The predicted molar refractivity (Wildman–Crippen MR) is 104 cm³/mol. The number of nitrogens with one attached hydrogen (secondary N) is 1. The maximum atomic E-state index is 12.5. The Balaban J connectivity index is 0.00000169. The van der Waals surface area contributed by atoms with Gasteiger partial charge in [0.25, 0.3) is 11.6 Å². The van der Waals surface area contributed by atoms with Gasteiger partial charge in [0, 0.05) is 36.4 Å². The topological polar surface area (TPSA) is 114 Å². The minimum absolute atomic E-state index is 0. The van der Waals surface area contributed by atoms with Gasteiger partial charge in [-0.2, -0.15) is 0 Å². The zero-order valence-electron chi connectivity index (χ0n) is 13.7. The summed E-state index contributed by atoms with van der Waals surface area (Å²) in [6.45, 7) is 1.19. The van der Waals surface area contributed by atoms with E-state index in [1.54, 1.807) is 35.2 Å². The summed E-state index contributed by atoms with van der Waals surface area (Å²) in [5, 5.41) is 13.8. The fraction of sp³-hybridized carbons (Fsp3) is 0.250. The summed E-state index contributed by atoms with van der Waals surface area (Å²) >= 11 is 0. The average molecular weight is 400 g/mol. The van der Waals surface area contributed by atoms with E-state index in [4.69, 9.17) is 5.73 Å². The van der Waals surface area contributed by atoms with Crippen LogP contribution in [0, 0.1) is 10.1 Å². The van der Waals surface area contributed by atoms with Crippen molar-refractivity contribution in [1.29, 1.82) is 0 Å². The van der Waals surface area contributed by atoms with Crippen LogP contribution in [-0.4, -0.2) is 39.8 Å². The molecule has 0 spiro atoms. The van der Waals surface area contributed by atoms with Gasteiger partial charge in [0.15, 0.2) is 0 Å². The number of benzene rings is 1. The lowest BCUT2D eigenvalue weighted by Crippen LogP contribution is -2.31. The fourth-order valence-corrected chi connectivity index (χ4v) is 2.71.